The fraction of sp³-hybridized carbons (Fsp3) is 0.833. The first kappa shape index (κ1) is 12.7. The molecule has 0 aliphatic carbocycles. The lowest BCUT2D eigenvalue weighted by molar-refractivity contribution is -0.140. The first-order valence-electron chi connectivity index (χ1n) is 3.62. The number of hydrogen-bond acceptors (Lipinski definition) is 4. The van der Waals surface area contributed by atoms with Crippen molar-refractivity contribution in [1.82, 2.24) is 4.72 Å². The first-order valence-corrected chi connectivity index (χ1v) is 5.80. The maximum Gasteiger partial charge on any atom is 0.306 e. The van der Waals surface area contributed by atoms with Crippen molar-refractivity contribution in [2.24, 2.45) is 0 Å². The van der Waals surface area contributed by atoms with Gasteiger partial charge in [0.05, 0.1) is 19.3 Å². The Balaban J connectivity index is 3.83. The predicted molar refractivity (Wildman–Crippen MR) is 49.1 cm³/mol. The van der Waals surface area contributed by atoms with Gasteiger partial charge in [-0.25, -0.2) is 13.1 Å². The SMILES string of the molecule is COC(=O)CCS(=O)(=O)NCCCl. The fourth-order valence-corrected chi connectivity index (χ4v) is 1.79. The Morgan fingerprint density at radius 2 is 2.15 bits per heavy atom. The van der Waals surface area contributed by atoms with E-state index in [1.807, 2.05) is 0 Å². The number of halogens is 1. The summed E-state index contributed by atoms with van der Waals surface area (Å²) in [5, 5.41) is 0. The molecular weight excluding hydrogens is 218 g/mol. The quantitative estimate of drug-likeness (QED) is 0.502. The van der Waals surface area contributed by atoms with E-state index in [4.69, 9.17) is 11.6 Å². The molecule has 0 radical (unpaired) electrons. The summed E-state index contributed by atoms with van der Waals surface area (Å²) in [7, 11) is -2.17. The molecule has 0 unspecified atom stereocenters. The summed E-state index contributed by atoms with van der Waals surface area (Å²) in [6, 6.07) is 0. The minimum atomic E-state index is -3.38. The van der Waals surface area contributed by atoms with E-state index in [1.165, 1.54) is 7.11 Å². The number of hydrogen-bond donors (Lipinski definition) is 1. The summed E-state index contributed by atoms with van der Waals surface area (Å²) in [6.45, 7) is 0.172. The monoisotopic (exact) mass is 229 g/mol. The van der Waals surface area contributed by atoms with Gasteiger partial charge in [0.25, 0.3) is 0 Å². The van der Waals surface area contributed by atoms with Gasteiger partial charge < -0.3 is 4.74 Å². The van der Waals surface area contributed by atoms with Crippen LogP contribution in [-0.2, 0) is 19.6 Å². The molecule has 0 atom stereocenters. The molecule has 0 saturated carbocycles. The summed E-state index contributed by atoms with van der Waals surface area (Å²) in [6.07, 6.45) is -0.145. The molecule has 0 saturated heterocycles. The van der Waals surface area contributed by atoms with Gasteiger partial charge in [0.2, 0.25) is 10.0 Å². The number of ether oxygens (including phenoxy) is 1. The molecule has 0 spiro atoms. The highest BCUT2D eigenvalue weighted by molar-refractivity contribution is 7.89. The van der Waals surface area contributed by atoms with E-state index in [1.54, 1.807) is 0 Å². The van der Waals surface area contributed by atoms with Gasteiger partial charge in [-0.2, -0.15) is 0 Å². The normalized spacial score (nSPS) is 11.2. The third kappa shape index (κ3) is 6.80. The maximum atomic E-state index is 11.0. The number of alkyl halides is 1. The van der Waals surface area contributed by atoms with Crippen LogP contribution >= 0.6 is 11.6 Å². The summed E-state index contributed by atoms with van der Waals surface area (Å²) in [4.78, 5) is 10.6. The number of sulfonamides is 1. The largest absolute Gasteiger partial charge is 0.469 e. The van der Waals surface area contributed by atoms with Crippen LogP contribution < -0.4 is 4.72 Å². The van der Waals surface area contributed by atoms with Gasteiger partial charge >= 0.3 is 5.97 Å². The van der Waals surface area contributed by atoms with Crippen molar-refractivity contribution in [2.75, 3.05) is 25.3 Å². The van der Waals surface area contributed by atoms with Crippen LogP contribution in [0, 0.1) is 0 Å². The number of methoxy groups -OCH3 is 1. The van der Waals surface area contributed by atoms with Crippen molar-refractivity contribution in [1.29, 1.82) is 0 Å². The van der Waals surface area contributed by atoms with Crippen LogP contribution in [0.1, 0.15) is 6.42 Å². The molecule has 0 rings (SSSR count). The summed E-state index contributed by atoms with van der Waals surface area (Å²) in [5.41, 5.74) is 0. The molecule has 7 heteroatoms. The fourth-order valence-electron chi connectivity index (χ4n) is 0.586. The zero-order chi connectivity index (χ0) is 10.3. The Morgan fingerprint density at radius 1 is 1.54 bits per heavy atom. The number of esters is 1. The molecule has 0 amide bonds. The van der Waals surface area contributed by atoms with Gasteiger partial charge in [0.15, 0.2) is 0 Å². The lowest BCUT2D eigenvalue weighted by Gasteiger charge is -2.03. The molecule has 0 fully saturated rings. The summed E-state index contributed by atoms with van der Waals surface area (Å²) >= 11 is 5.28. The maximum absolute atomic E-state index is 11.0. The highest BCUT2D eigenvalue weighted by atomic mass is 35.5. The van der Waals surface area contributed by atoms with Crippen LogP contribution in [0.15, 0.2) is 0 Å². The van der Waals surface area contributed by atoms with Gasteiger partial charge in [-0.05, 0) is 0 Å². The third-order valence-corrected chi connectivity index (χ3v) is 2.79. The van der Waals surface area contributed by atoms with E-state index in [-0.39, 0.29) is 24.6 Å². The Hall–Kier alpha value is -0.330. The average molecular weight is 230 g/mol. The smallest absolute Gasteiger partial charge is 0.306 e. The van der Waals surface area contributed by atoms with Crippen LogP contribution in [0.5, 0.6) is 0 Å². The topological polar surface area (TPSA) is 72.5 Å². The molecule has 13 heavy (non-hydrogen) atoms. The lowest BCUT2D eigenvalue weighted by Crippen LogP contribution is -2.29. The molecule has 5 nitrogen and oxygen atoms in total. The van der Waals surface area contributed by atoms with Crippen LogP contribution in [0.25, 0.3) is 0 Å². The molecule has 0 heterocycles. The molecule has 0 aromatic heterocycles. The van der Waals surface area contributed by atoms with Crippen molar-refractivity contribution in [2.45, 2.75) is 6.42 Å². The number of carbonyl (C=O) groups is 1. The average Bonchev–Trinajstić information content (AvgIpc) is 2.11. The minimum Gasteiger partial charge on any atom is -0.469 e. The Morgan fingerprint density at radius 3 is 2.62 bits per heavy atom. The van der Waals surface area contributed by atoms with E-state index in [9.17, 15) is 13.2 Å². The predicted octanol–water partition coefficient (Wildman–Crippen LogP) is -0.292. The standard InChI is InChI=1S/C6H12ClNO4S/c1-12-6(9)2-5-13(10,11)8-4-3-7/h8H,2-5H2,1H3. The van der Waals surface area contributed by atoms with Gasteiger partial charge in [-0.15, -0.1) is 11.6 Å². The molecular formula is C6H12ClNO4S. The van der Waals surface area contributed by atoms with E-state index in [0.717, 1.165) is 0 Å². The number of carbonyl (C=O) groups excluding carboxylic acids is 1. The van der Waals surface area contributed by atoms with Gasteiger partial charge in [-0.3, -0.25) is 4.79 Å². The van der Waals surface area contributed by atoms with E-state index < -0.39 is 16.0 Å². The second kappa shape index (κ2) is 6.17. The first-order chi connectivity index (χ1) is 6.02. The Bertz CT molecular complexity index is 251. The zero-order valence-corrected chi connectivity index (χ0v) is 8.82. The van der Waals surface area contributed by atoms with Crippen molar-refractivity contribution in [3.63, 3.8) is 0 Å². The molecule has 0 bridgehead atoms. The van der Waals surface area contributed by atoms with Crippen LogP contribution in [0.4, 0.5) is 0 Å². The number of rotatable bonds is 6. The molecule has 0 aromatic carbocycles. The van der Waals surface area contributed by atoms with E-state index >= 15 is 0 Å². The van der Waals surface area contributed by atoms with E-state index in [0.29, 0.717) is 0 Å². The van der Waals surface area contributed by atoms with Gasteiger partial charge in [0.1, 0.15) is 0 Å². The third-order valence-electron chi connectivity index (χ3n) is 1.22. The molecule has 0 aliphatic heterocycles. The summed E-state index contributed by atoms with van der Waals surface area (Å²) in [5.74, 6) is -0.607. The van der Waals surface area contributed by atoms with Crippen molar-refractivity contribution < 1.29 is 17.9 Å². The molecule has 1 N–H and O–H groups in total. The highest BCUT2D eigenvalue weighted by Crippen LogP contribution is 1.91. The second-order valence-corrected chi connectivity index (χ2v) is 4.53. The van der Waals surface area contributed by atoms with E-state index in [2.05, 4.69) is 9.46 Å². The zero-order valence-electron chi connectivity index (χ0n) is 7.25. The number of nitrogens with one attached hydrogen (secondary N) is 1. The Kier molecular flexibility index (Phi) is 6.02. The molecule has 0 aliphatic rings. The minimum absolute atomic E-state index is 0.145. The highest BCUT2D eigenvalue weighted by Gasteiger charge is 2.12. The van der Waals surface area contributed by atoms with Crippen molar-refractivity contribution in [3.8, 4) is 0 Å². The van der Waals surface area contributed by atoms with Crippen LogP contribution in [0.3, 0.4) is 0 Å². The van der Waals surface area contributed by atoms with Crippen molar-refractivity contribution >= 4 is 27.6 Å². The molecule has 78 valence electrons. The van der Waals surface area contributed by atoms with Crippen LogP contribution in [-0.4, -0.2) is 39.7 Å². The second-order valence-electron chi connectivity index (χ2n) is 2.23. The van der Waals surface area contributed by atoms with Crippen LogP contribution in [0.2, 0.25) is 0 Å². The Labute approximate surface area is 82.5 Å². The van der Waals surface area contributed by atoms with Gasteiger partial charge in [-0.1, -0.05) is 0 Å². The lowest BCUT2D eigenvalue weighted by atomic mass is 10.5. The summed E-state index contributed by atoms with van der Waals surface area (Å²) < 4.78 is 28.6. The van der Waals surface area contributed by atoms with Crippen molar-refractivity contribution in [3.05, 3.63) is 0 Å². The van der Waals surface area contributed by atoms with Gasteiger partial charge in [0, 0.05) is 12.4 Å². The molecule has 0 aromatic rings.